The SMILES string of the molecule is O=C(/C=C/c1ccccc1)Nc1ccccc1N1CCCC1=O. The molecule has 1 aliphatic heterocycles. The minimum atomic E-state index is -0.215. The lowest BCUT2D eigenvalue weighted by atomic mass is 10.2. The first-order valence-electron chi connectivity index (χ1n) is 7.67. The quantitative estimate of drug-likeness (QED) is 0.879. The van der Waals surface area contributed by atoms with Gasteiger partial charge in [-0.05, 0) is 30.2 Å². The number of rotatable bonds is 4. The molecule has 116 valence electrons. The zero-order valence-electron chi connectivity index (χ0n) is 12.7. The molecule has 3 rings (SSSR count). The molecule has 2 aromatic carbocycles. The van der Waals surface area contributed by atoms with E-state index >= 15 is 0 Å². The predicted octanol–water partition coefficient (Wildman–Crippen LogP) is 3.47. The minimum absolute atomic E-state index is 0.103. The highest BCUT2D eigenvalue weighted by Gasteiger charge is 2.23. The molecular formula is C19H18N2O2. The third kappa shape index (κ3) is 3.66. The van der Waals surface area contributed by atoms with Crippen LogP contribution in [-0.4, -0.2) is 18.4 Å². The van der Waals surface area contributed by atoms with E-state index in [2.05, 4.69) is 5.32 Å². The maximum absolute atomic E-state index is 12.1. The highest BCUT2D eigenvalue weighted by Crippen LogP contribution is 2.29. The fraction of sp³-hybridized carbons (Fsp3) is 0.158. The Kier molecular flexibility index (Phi) is 4.52. The number of anilines is 2. The van der Waals surface area contributed by atoms with Crippen LogP contribution in [0.2, 0.25) is 0 Å². The smallest absolute Gasteiger partial charge is 0.248 e. The van der Waals surface area contributed by atoms with E-state index in [1.54, 1.807) is 11.0 Å². The minimum Gasteiger partial charge on any atom is -0.321 e. The second-order valence-corrected chi connectivity index (χ2v) is 5.40. The number of carbonyl (C=O) groups is 2. The van der Waals surface area contributed by atoms with Gasteiger partial charge < -0.3 is 10.2 Å². The Morgan fingerprint density at radius 2 is 1.78 bits per heavy atom. The Hall–Kier alpha value is -2.88. The van der Waals surface area contributed by atoms with Gasteiger partial charge in [-0.3, -0.25) is 9.59 Å². The number of nitrogens with zero attached hydrogens (tertiary/aromatic N) is 1. The topological polar surface area (TPSA) is 49.4 Å². The summed E-state index contributed by atoms with van der Waals surface area (Å²) in [5, 5.41) is 2.86. The molecule has 4 heteroatoms. The summed E-state index contributed by atoms with van der Waals surface area (Å²) in [5.41, 5.74) is 2.38. The second-order valence-electron chi connectivity index (χ2n) is 5.40. The maximum atomic E-state index is 12.1. The van der Waals surface area contributed by atoms with Crippen LogP contribution in [0.25, 0.3) is 6.08 Å². The molecule has 0 unspecified atom stereocenters. The average molecular weight is 306 g/mol. The van der Waals surface area contributed by atoms with Gasteiger partial charge in [-0.25, -0.2) is 0 Å². The van der Waals surface area contributed by atoms with E-state index in [-0.39, 0.29) is 11.8 Å². The molecule has 0 atom stereocenters. The number of benzene rings is 2. The van der Waals surface area contributed by atoms with Gasteiger partial charge in [0.15, 0.2) is 0 Å². The van der Waals surface area contributed by atoms with E-state index in [1.165, 1.54) is 6.08 Å². The first-order valence-corrected chi connectivity index (χ1v) is 7.67. The normalized spacial score (nSPS) is 14.4. The monoisotopic (exact) mass is 306 g/mol. The Labute approximate surface area is 135 Å². The van der Waals surface area contributed by atoms with Crippen LogP contribution in [0.4, 0.5) is 11.4 Å². The van der Waals surface area contributed by atoms with E-state index in [0.29, 0.717) is 18.7 Å². The summed E-state index contributed by atoms with van der Waals surface area (Å²) in [6.07, 6.45) is 4.68. The molecule has 0 aliphatic carbocycles. The van der Waals surface area contributed by atoms with Gasteiger partial charge >= 0.3 is 0 Å². The van der Waals surface area contributed by atoms with Crippen LogP contribution in [0.1, 0.15) is 18.4 Å². The first kappa shape index (κ1) is 15.0. The molecule has 1 N–H and O–H groups in total. The number of nitrogens with one attached hydrogen (secondary N) is 1. The predicted molar refractivity (Wildman–Crippen MR) is 92.1 cm³/mol. The van der Waals surface area contributed by atoms with Crippen molar-refractivity contribution in [3.8, 4) is 0 Å². The van der Waals surface area contributed by atoms with Crippen LogP contribution >= 0.6 is 0 Å². The van der Waals surface area contributed by atoms with Gasteiger partial charge in [-0.1, -0.05) is 42.5 Å². The summed E-state index contributed by atoms with van der Waals surface area (Å²) >= 11 is 0. The Morgan fingerprint density at radius 1 is 1.04 bits per heavy atom. The van der Waals surface area contributed by atoms with Gasteiger partial charge in [0, 0.05) is 19.0 Å². The molecule has 1 heterocycles. The third-order valence-electron chi connectivity index (χ3n) is 3.75. The largest absolute Gasteiger partial charge is 0.321 e. The van der Waals surface area contributed by atoms with Crippen molar-refractivity contribution in [1.82, 2.24) is 0 Å². The van der Waals surface area contributed by atoms with Crippen LogP contribution in [-0.2, 0) is 9.59 Å². The molecular weight excluding hydrogens is 288 g/mol. The Bertz CT molecular complexity index is 738. The summed E-state index contributed by atoms with van der Waals surface area (Å²) in [7, 11) is 0. The number of amides is 2. The highest BCUT2D eigenvalue weighted by atomic mass is 16.2. The summed E-state index contributed by atoms with van der Waals surface area (Å²) in [5.74, 6) is -0.112. The van der Waals surface area contributed by atoms with Crippen molar-refractivity contribution in [1.29, 1.82) is 0 Å². The standard InChI is InChI=1S/C19H18N2O2/c22-18(13-12-15-7-2-1-3-8-15)20-16-9-4-5-10-17(16)21-14-6-11-19(21)23/h1-5,7-10,12-13H,6,11,14H2,(H,20,22)/b13-12+. The van der Waals surface area contributed by atoms with Crippen molar-refractivity contribution < 1.29 is 9.59 Å². The van der Waals surface area contributed by atoms with E-state index in [4.69, 9.17) is 0 Å². The van der Waals surface area contributed by atoms with Gasteiger partial charge in [-0.2, -0.15) is 0 Å². The van der Waals surface area contributed by atoms with Crippen molar-refractivity contribution in [2.75, 3.05) is 16.8 Å². The summed E-state index contributed by atoms with van der Waals surface area (Å²) in [6, 6.07) is 17.0. The van der Waals surface area contributed by atoms with Crippen molar-refractivity contribution in [3.05, 3.63) is 66.2 Å². The zero-order valence-corrected chi connectivity index (χ0v) is 12.7. The van der Waals surface area contributed by atoms with Gasteiger partial charge in [0.05, 0.1) is 11.4 Å². The van der Waals surface area contributed by atoms with Crippen LogP contribution < -0.4 is 10.2 Å². The van der Waals surface area contributed by atoms with Crippen molar-refractivity contribution in [3.63, 3.8) is 0 Å². The molecule has 0 radical (unpaired) electrons. The molecule has 0 spiro atoms. The molecule has 1 fully saturated rings. The van der Waals surface area contributed by atoms with Crippen LogP contribution in [0, 0.1) is 0 Å². The molecule has 0 saturated carbocycles. The lowest BCUT2D eigenvalue weighted by Gasteiger charge is -2.19. The highest BCUT2D eigenvalue weighted by molar-refractivity contribution is 6.06. The number of hydrogen-bond donors (Lipinski definition) is 1. The molecule has 0 aromatic heterocycles. The van der Waals surface area contributed by atoms with Crippen LogP contribution in [0.5, 0.6) is 0 Å². The van der Waals surface area contributed by atoms with Gasteiger partial charge in [-0.15, -0.1) is 0 Å². The maximum Gasteiger partial charge on any atom is 0.248 e. The van der Waals surface area contributed by atoms with Crippen molar-refractivity contribution in [2.24, 2.45) is 0 Å². The van der Waals surface area contributed by atoms with E-state index in [0.717, 1.165) is 17.7 Å². The first-order chi connectivity index (χ1) is 11.2. The molecule has 2 aromatic rings. The van der Waals surface area contributed by atoms with Crippen LogP contribution in [0.15, 0.2) is 60.7 Å². The van der Waals surface area contributed by atoms with E-state index in [1.807, 2.05) is 54.6 Å². The van der Waals surface area contributed by atoms with E-state index in [9.17, 15) is 9.59 Å². The molecule has 23 heavy (non-hydrogen) atoms. The number of carbonyl (C=O) groups excluding carboxylic acids is 2. The fourth-order valence-electron chi connectivity index (χ4n) is 2.63. The lowest BCUT2D eigenvalue weighted by molar-refractivity contribution is -0.117. The van der Waals surface area contributed by atoms with Crippen LogP contribution in [0.3, 0.4) is 0 Å². The second kappa shape index (κ2) is 6.92. The molecule has 2 amide bonds. The summed E-state index contributed by atoms with van der Waals surface area (Å²) in [6.45, 7) is 0.700. The van der Waals surface area contributed by atoms with Gasteiger partial charge in [0.1, 0.15) is 0 Å². The van der Waals surface area contributed by atoms with Gasteiger partial charge in [0.25, 0.3) is 0 Å². The van der Waals surface area contributed by atoms with Crippen molar-refractivity contribution in [2.45, 2.75) is 12.8 Å². The summed E-state index contributed by atoms with van der Waals surface area (Å²) < 4.78 is 0. The molecule has 1 aliphatic rings. The lowest BCUT2D eigenvalue weighted by Crippen LogP contribution is -2.25. The summed E-state index contributed by atoms with van der Waals surface area (Å²) in [4.78, 5) is 25.8. The Morgan fingerprint density at radius 3 is 2.52 bits per heavy atom. The molecule has 1 saturated heterocycles. The van der Waals surface area contributed by atoms with Crippen molar-refractivity contribution >= 4 is 29.3 Å². The number of hydrogen-bond acceptors (Lipinski definition) is 2. The van der Waals surface area contributed by atoms with E-state index < -0.39 is 0 Å². The zero-order chi connectivity index (χ0) is 16.1. The molecule has 4 nitrogen and oxygen atoms in total. The average Bonchev–Trinajstić information content (AvgIpc) is 3.00. The fourth-order valence-corrected chi connectivity index (χ4v) is 2.63. The Balaban J connectivity index is 1.74. The van der Waals surface area contributed by atoms with Gasteiger partial charge in [0.2, 0.25) is 11.8 Å². The number of para-hydroxylation sites is 2. The molecule has 0 bridgehead atoms. The third-order valence-corrected chi connectivity index (χ3v) is 3.75.